The van der Waals surface area contributed by atoms with Crippen LogP contribution >= 0.6 is 0 Å². The number of halogens is 3. The van der Waals surface area contributed by atoms with Crippen molar-refractivity contribution in [2.24, 2.45) is 0 Å². The summed E-state index contributed by atoms with van der Waals surface area (Å²) < 4.78 is 48.3. The minimum absolute atomic E-state index is 0.0439. The molecular formula is C23H25F3O2. The van der Waals surface area contributed by atoms with Gasteiger partial charge in [-0.05, 0) is 73.3 Å². The first-order chi connectivity index (χ1) is 13.4. The van der Waals surface area contributed by atoms with E-state index >= 15 is 0 Å². The fourth-order valence-electron chi connectivity index (χ4n) is 3.97. The third kappa shape index (κ3) is 4.25. The molecule has 28 heavy (non-hydrogen) atoms. The molecular weight excluding hydrogens is 365 g/mol. The van der Waals surface area contributed by atoms with Gasteiger partial charge in [0.25, 0.3) is 0 Å². The van der Waals surface area contributed by atoms with Crippen LogP contribution in [0.2, 0.25) is 0 Å². The standard InChI is InChI=1S/C23H25F3O2/c1-3-12-28-21-11-10-19(22(25)23(21)26)16-6-4-15(5-7-16)18-9-8-17(14(2)27)13-20(18)24/h3,8-11,13-16,27H,1,4-7,12H2,2H3. The van der Waals surface area contributed by atoms with Crippen molar-refractivity contribution in [3.8, 4) is 5.75 Å². The van der Waals surface area contributed by atoms with E-state index in [4.69, 9.17) is 4.74 Å². The third-order valence-corrected chi connectivity index (χ3v) is 5.55. The van der Waals surface area contributed by atoms with Gasteiger partial charge in [0.05, 0.1) is 6.10 Å². The van der Waals surface area contributed by atoms with Gasteiger partial charge >= 0.3 is 0 Å². The van der Waals surface area contributed by atoms with Crippen LogP contribution < -0.4 is 4.74 Å². The Kier molecular flexibility index (Phi) is 6.45. The number of aliphatic hydroxyl groups is 1. The number of hydrogen-bond donors (Lipinski definition) is 1. The zero-order valence-electron chi connectivity index (χ0n) is 15.9. The zero-order chi connectivity index (χ0) is 20.3. The molecule has 0 aliphatic heterocycles. The highest BCUT2D eigenvalue weighted by atomic mass is 19.2. The van der Waals surface area contributed by atoms with E-state index in [-0.39, 0.29) is 30.0 Å². The quantitative estimate of drug-likeness (QED) is 0.598. The molecule has 1 unspecified atom stereocenters. The molecule has 1 atom stereocenters. The summed E-state index contributed by atoms with van der Waals surface area (Å²) >= 11 is 0. The Balaban J connectivity index is 1.70. The Labute approximate surface area is 163 Å². The molecule has 1 aliphatic rings. The molecule has 2 aromatic rings. The highest BCUT2D eigenvalue weighted by molar-refractivity contribution is 5.34. The first-order valence-corrected chi connectivity index (χ1v) is 9.61. The number of ether oxygens (including phenoxy) is 1. The second-order valence-electron chi connectivity index (χ2n) is 7.39. The number of rotatable bonds is 6. The van der Waals surface area contributed by atoms with Crippen molar-refractivity contribution in [1.82, 2.24) is 0 Å². The van der Waals surface area contributed by atoms with Crippen LogP contribution in [0.25, 0.3) is 0 Å². The lowest BCUT2D eigenvalue weighted by atomic mass is 9.75. The summed E-state index contributed by atoms with van der Waals surface area (Å²) in [5.41, 5.74) is 1.53. The Morgan fingerprint density at radius 1 is 1.04 bits per heavy atom. The van der Waals surface area contributed by atoms with Gasteiger partial charge in [-0.2, -0.15) is 4.39 Å². The molecule has 0 heterocycles. The van der Waals surface area contributed by atoms with Gasteiger partial charge in [0.2, 0.25) is 5.82 Å². The van der Waals surface area contributed by atoms with E-state index in [1.807, 2.05) is 0 Å². The normalized spacial score (nSPS) is 20.6. The van der Waals surface area contributed by atoms with Crippen LogP contribution in [0, 0.1) is 17.5 Å². The fraction of sp³-hybridized carbons (Fsp3) is 0.391. The van der Waals surface area contributed by atoms with Gasteiger partial charge in [-0.25, -0.2) is 8.78 Å². The van der Waals surface area contributed by atoms with E-state index in [0.29, 0.717) is 42.4 Å². The largest absolute Gasteiger partial charge is 0.486 e. The molecule has 0 saturated heterocycles. The third-order valence-electron chi connectivity index (χ3n) is 5.55. The molecule has 1 saturated carbocycles. The molecule has 0 bridgehead atoms. The maximum Gasteiger partial charge on any atom is 0.200 e. The fourth-order valence-corrected chi connectivity index (χ4v) is 3.97. The smallest absolute Gasteiger partial charge is 0.200 e. The molecule has 0 radical (unpaired) electrons. The SMILES string of the molecule is C=CCOc1ccc(C2CCC(c3ccc(C(C)O)cc3F)CC2)c(F)c1F. The van der Waals surface area contributed by atoms with Crippen molar-refractivity contribution in [2.75, 3.05) is 6.61 Å². The summed E-state index contributed by atoms with van der Waals surface area (Å²) in [5.74, 6) is -2.32. The lowest BCUT2D eigenvalue weighted by Gasteiger charge is -2.30. The summed E-state index contributed by atoms with van der Waals surface area (Å²) in [4.78, 5) is 0. The van der Waals surface area contributed by atoms with Crippen LogP contribution in [-0.4, -0.2) is 11.7 Å². The minimum atomic E-state index is -0.971. The maximum absolute atomic E-state index is 14.5. The maximum atomic E-state index is 14.5. The van der Waals surface area contributed by atoms with Gasteiger partial charge in [-0.15, -0.1) is 0 Å². The van der Waals surface area contributed by atoms with E-state index in [9.17, 15) is 18.3 Å². The van der Waals surface area contributed by atoms with Gasteiger partial charge in [0, 0.05) is 0 Å². The molecule has 2 nitrogen and oxygen atoms in total. The van der Waals surface area contributed by atoms with Gasteiger partial charge in [-0.1, -0.05) is 30.9 Å². The molecule has 0 amide bonds. The molecule has 1 fully saturated rings. The van der Waals surface area contributed by atoms with Gasteiger partial charge < -0.3 is 9.84 Å². The summed E-state index contributed by atoms with van der Waals surface area (Å²) in [6.07, 6.45) is 3.48. The molecule has 5 heteroatoms. The lowest BCUT2D eigenvalue weighted by molar-refractivity contribution is 0.198. The summed E-state index contributed by atoms with van der Waals surface area (Å²) in [6.45, 7) is 5.20. The summed E-state index contributed by atoms with van der Waals surface area (Å²) in [5, 5.41) is 9.58. The first kappa shape index (κ1) is 20.5. The zero-order valence-corrected chi connectivity index (χ0v) is 15.9. The molecule has 0 aromatic heterocycles. The molecule has 0 spiro atoms. The molecule has 1 N–H and O–H groups in total. The average molecular weight is 390 g/mol. The highest BCUT2D eigenvalue weighted by Crippen LogP contribution is 2.43. The number of hydrogen-bond acceptors (Lipinski definition) is 2. The number of benzene rings is 2. The van der Waals surface area contributed by atoms with Crippen LogP contribution in [0.5, 0.6) is 5.75 Å². The van der Waals surface area contributed by atoms with Crippen LogP contribution in [0.3, 0.4) is 0 Å². The predicted octanol–water partition coefficient (Wildman–Crippen LogP) is 6.16. The van der Waals surface area contributed by atoms with Crippen LogP contribution in [0.4, 0.5) is 13.2 Å². The predicted molar refractivity (Wildman–Crippen MR) is 103 cm³/mol. The second-order valence-corrected chi connectivity index (χ2v) is 7.39. The van der Waals surface area contributed by atoms with Crippen molar-refractivity contribution in [1.29, 1.82) is 0 Å². The van der Waals surface area contributed by atoms with E-state index < -0.39 is 17.7 Å². The van der Waals surface area contributed by atoms with E-state index in [1.54, 1.807) is 25.1 Å². The van der Waals surface area contributed by atoms with Gasteiger partial charge in [0.1, 0.15) is 12.4 Å². The summed E-state index contributed by atoms with van der Waals surface area (Å²) in [6, 6.07) is 7.89. The van der Waals surface area contributed by atoms with Crippen molar-refractivity contribution < 1.29 is 23.0 Å². The van der Waals surface area contributed by atoms with E-state index in [0.717, 1.165) is 0 Å². The van der Waals surface area contributed by atoms with Gasteiger partial charge in [0.15, 0.2) is 11.6 Å². The van der Waals surface area contributed by atoms with E-state index in [1.165, 1.54) is 18.2 Å². The molecule has 150 valence electrons. The lowest BCUT2D eigenvalue weighted by Crippen LogP contribution is -2.15. The van der Waals surface area contributed by atoms with Crippen LogP contribution in [0.1, 0.15) is 67.2 Å². The van der Waals surface area contributed by atoms with E-state index in [2.05, 4.69) is 6.58 Å². The highest BCUT2D eigenvalue weighted by Gasteiger charge is 2.28. The Hall–Kier alpha value is -2.27. The topological polar surface area (TPSA) is 29.5 Å². The Bertz CT molecular complexity index is 840. The monoisotopic (exact) mass is 390 g/mol. The Morgan fingerprint density at radius 2 is 1.64 bits per heavy atom. The van der Waals surface area contributed by atoms with Crippen molar-refractivity contribution >= 4 is 0 Å². The molecule has 3 rings (SSSR count). The first-order valence-electron chi connectivity index (χ1n) is 9.61. The number of aliphatic hydroxyl groups excluding tert-OH is 1. The second kappa shape index (κ2) is 8.82. The molecule has 1 aliphatic carbocycles. The van der Waals surface area contributed by atoms with Crippen LogP contribution in [0.15, 0.2) is 43.0 Å². The Morgan fingerprint density at radius 3 is 2.21 bits per heavy atom. The minimum Gasteiger partial charge on any atom is -0.486 e. The van der Waals surface area contributed by atoms with Gasteiger partial charge in [-0.3, -0.25) is 0 Å². The van der Waals surface area contributed by atoms with Crippen molar-refractivity contribution in [3.05, 3.63) is 77.1 Å². The van der Waals surface area contributed by atoms with Crippen molar-refractivity contribution in [3.63, 3.8) is 0 Å². The molecule has 2 aromatic carbocycles. The van der Waals surface area contributed by atoms with Crippen molar-refractivity contribution in [2.45, 2.75) is 50.5 Å². The summed E-state index contributed by atoms with van der Waals surface area (Å²) in [7, 11) is 0. The average Bonchev–Trinajstić information content (AvgIpc) is 2.69. The van der Waals surface area contributed by atoms with Crippen LogP contribution in [-0.2, 0) is 0 Å².